The quantitative estimate of drug-likeness (QED) is 0.608. The Bertz CT molecular complexity index is 549. The van der Waals surface area contributed by atoms with E-state index in [0.717, 1.165) is 18.2 Å². The summed E-state index contributed by atoms with van der Waals surface area (Å²) in [6.07, 6.45) is 1.85. The summed E-state index contributed by atoms with van der Waals surface area (Å²) in [5.74, 6) is 0. The minimum Gasteiger partial charge on any atom is -0.315 e. The van der Waals surface area contributed by atoms with E-state index in [-0.39, 0.29) is 0 Å². The number of likely N-dealkylation sites (N-methyl/N-ethyl adjacent to an activating group) is 1. The van der Waals surface area contributed by atoms with E-state index in [2.05, 4.69) is 29.2 Å². The zero-order chi connectivity index (χ0) is 23.9. The van der Waals surface area contributed by atoms with Gasteiger partial charge in [0.1, 0.15) is 0 Å². The van der Waals surface area contributed by atoms with Gasteiger partial charge in [-0.2, -0.15) is 13.2 Å². The number of nitrogens with one attached hydrogen (secondary N) is 1. The van der Waals surface area contributed by atoms with Crippen LogP contribution in [0.15, 0.2) is 24.3 Å². The van der Waals surface area contributed by atoms with Crippen molar-refractivity contribution < 1.29 is 13.2 Å². The van der Waals surface area contributed by atoms with Crippen molar-refractivity contribution in [3.05, 3.63) is 35.4 Å². The van der Waals surface area contributed by atoms with Crippen LogP contribution in [-0.2, 0) is 12.6 Å². The largest absolute Gasteiger partial charge is 0.416 e. The second-order valence-electron chi connectivity index (χ2n) is 7.75. The lowest BCUT2D eigenvalue weighted by atomic mass is 9.99. The third-order valence-corrected chi connectivity index (χ3v) is 5.77. The summed E-state index contributed by atoms with van der Waals surface area (Å²) < 4.78 is 36.3. The van der Waals surface area contributed by atoms with Crippen LogP contribution >= 0.6 is 0 Å². The first-order valence-electron chi connectivity index (χ1n) is 12.1. The van der Waals surface area contributed by atoms with Crippen LogP contribution in [0, 0.1) is 0 Å². The van der Waals surface area contributed by atoms with Crippen LogP contribution < -0.4 is 5.32 Å². The Labute approximate surface area is 189 Å². The van der Waals surface area contributed by atoms with Gasteiger partial charge in [0.15, 0.2) is 0 Å². The van der Waals surface area contributed by atoms with E-state index in [9.17, 15) is 13.2 Å². The molecule has 2 fully saturated rings. The molecule has 0 aromatic heterocycles. The van der Waals surface area contributed by atoms with Gasteiger partial charge < -0.3 is 10.2 Å². The van der Waals surface area contributed by atoms with Gasteiger partial charge in [-0.25, -0.2) is 0 Å². The molecule has 2 aliphatic rings. The monoisotopic (exact) mass is 445 g/mol. The van der Waals surface area contributed by atoms with E-state index in [4.69, 9.17) is 0 Å². The molecule has 182 valence electrons. The smallest absolute Gasteiger partial charge is 0.315 e. The third kappa shape index (κ3) is 11.4. The molecule has 1 N–H and O–H groups in total. The summed E-state index contributed by atoms with van der Waals surface area (Å²) in [4.78, 5) is 5.09. The maximum Gasteiger partial charge on any atom is 0.416 e. The number of hydrogen-bond donors (Lipinski definition) is 1. The zero-order valence-corrected chi connectivity index (χ0v) is 20.9. The molecule has 0 saturated carbocycles. The minimum atomic E-state index is -4.22. The molecule has 0 bridgehead atoms. The van der Waals surface area contributed by atoms with Crippen molar-refractivity contribution in [2.75, 3.05) is 40.3 Å². The van der Waals surface area contributed by atoms with Crippen molar-refractivity contribution in [2.45, 2.75) is 85.0 Å². The molecule has 3 nitrogen and oxygen atoms in total. The van der Waals surface area contributed by atoms with Crippen molar-refractivity contribution in [2.24, 2.45) is 0 Å². The molecule has 1 unspecified atom stereocenters. The molecule has 2 aliphatic heterocycles. The maximum absolute atomic E-state index is 12.1. The number of benzene rings is 1. The first-order valence-corrected chi connectivity index (χ1v) is 12.1. The fourth-order valence-corrected chi connectivity index (χ4v) is 3.85. The highest BCUT2D eigenvalue weighted by molar-refractivity contribution is 5.25. The SMILES string of the molecule is CC.CC.CCc1cccc(C(F)(F)F)c1.CN1CCC(N(C)C2CCCNC2)CC1. The van der Waals surface area contributed by atoms with Gasteiger partial charge in [0.25, 0.3) is 0 Å². The lowest BCUT2D eigenvalue weighted by Gasteiger charge is -2.41. The van der Waals surface area contributed by atoms with Crippen LogP contribution in [0.1, 0.15) is 71.4 Å². The zero-order valence-electron chi connectivity index (χ0n) is 20.9. The van der Waals surface area contributed by atoms with Gasteiger partial charge in [-0.1, -0.05) is 52.8 Å². The fraction of sp³-hybridized carbons (Fsp3) is 0.760. The lowest BCUT2D eigenvalue weighted by Crippen LogP contribution is -2.51. The highest BCUT2D eigenvalue weighted by Crippen LogP contribution is 2.29. The van der Waals surface area contributed by atoms with E-state index in [1.165, 1.54) is 64.0 Å². The van der Waals surface area contributed by atoms with Gasteiger partial charge in [0.2, 0.25) is 0 Å². The van der Waals surface area contributed by atoms with Crippen molar-refractivity contribution in [1.29, 1.82) is 0 Å². The molecule has 3 rings (SSSR count). The van der Waals surface area contributed by atoms with Crippen LogP contribution in [0.3, 0.4) is 0 Å². The summed E-state index contributed by atoms with van der Waals surface area (Å²) in [5.41, 5.74) is 0.145. The molecule has 6 heteroatoms. The normalized spacial score (nSPS) is 19.9. The van der Waals surface area contributed by atoms with Gasteiger partial charge in [0, 0.05) is 18.6 Å². The molecule has 0 amide bonds. The predicted octanol–water partition coefficient (Wildman–Crippen LogP) is 6.08. The summed E-state index contributed by atoms with van der Waals surface area (Å²) in [6.45, 7) is 14.8. The highest BCUT2D eigenvalue weighted by atomic mass is 19.4. The van der Waals surface area contributed by atoms with E-state index in [1.54, 1.807) is 6.07 Å². The Morgan fingerprint density at radius 2 is 1.65 bits per heavy atom. The topological polar surface area (TPSA) is 18.5 Å². The van der Waals surface area contributed by atoms with E-state index in [1.807, 2.05) is 34.6 Å². The first-order chi connectivity index (χ1) is 14.8. The van der Waals surface area contributed by atoms with Gasteiger partial charge in [0.05, 0.1) is 5.56 Å². The average molecular weight is 446 g/mol. The van der Waals surface area contributed by atoms with Gasteiger partial charge in [-0.05, 0) is 77.5 Å². The summed E-state index contributed by atoms with van der Waals surface area (Å²) >= 11 is 0. The Morgan fingerprint density at radius 3 is 2.13 bits per heavy atom. The molecule has 1 aromatic rings. The van der Waals surface area contributed by atoms with Crippen LogP contribution in [0.4, 0.5) is 13.2 Å². The molecule has 0 spiro atoms. The maximum atomic E-state index is 12.1. The van der Waals surface area contributed by atoms with Crippen LogP contribution in [-0.4, -0.2) is 62.2 Å². The summed E-state index contributed by atoms with van der Waals surface area (Å²) in [5, 5.41) is 3.51. The molecule has 2 heterocycles. The average Bonchev–Trinajstić information content (AvgIpc) is 2.82. The van der Waals surface area contributed by atoms with E-state index in [0.29, 0.717) is 12.0 Å². The molecular weight excluding hydrogens is 399 g/mol. The van der Waals surface area contributed by atoms with Crippen LogP contribution in [0.2, 0.25) is 0 Å². The number of aryl methyl sites for hydroxylation is 1. The van der Waals surface area contributed by atoms with Crippen molar-refractivity contribution in [3.63, 3.8) is 0 Å². The third-order valence-electron chi connectivity index (χ3n) is 5.77. The molecule has 31 heavy (non-hydrogen) atoms. The van der Waals surface area contributed by atoms with Gasteiger partial charge >= 0.3 is 6.18 Å². The standard InChI is InChI=1S/C12H25N3.C9H9F3.2C2H6/c1-14-8-5-11(6-9-14)15(2)12-4-3-7-13-10-12;1-2-7-4-3-5-8(6-7)9(10,11)12;2*1-2/h11-13H,3-10H2,1-2H3;3-6H,2H2,1H3;2*1-2H3. The van der Waals surface area contributed by atoms with Crippen molar-refractivity contribution in [1.82, 2.24) is 15.1 Å². The van der Waals surface area contributed by atoms with Gasteiger partial charge in [-0.3, -0.25) is 4.90 Å². The Morgan fingerprint density at radius 1 is 1.03 bits per heavy atom. The van der Waals surface area contributed by atoms with Crippen molar-refractivity contribution >= 4 is 0 Å². The minimum absolute atomic E-state index is 0.568. The number of alkyl halides is 3. The predicted molar refractivity (Wildman–Crippen MR) is 128 cm³/mol. The Hall–Kier alpha value is -1.11. The number of piperidine rings is 2. The number of likely N-dealkylation sites (tertiary alicyclic amines) is 1. The molecule has 2 saturated heterocycles. The lowest BCUT2D eigenvalue weighted by molar-refractivity contribution is -0.137. The Balaban J connectivity index is 0.000000510. The summed E-state index contributed by atoms with van der Waals surface area (Å²) in [6, 6.07) is 6.99. The Kier molecular flexibility index (Phi) is 15.9. The molecule has 1 aromatic carbocycles. The van der Waals surface area contributed by atoms with Crippen molar-refractivity contribution in [3.8, 4) is 0 Å². The highest BCUT2D eigenvalue weighted by Gasteiger charge is 2.30. The molecule has 0 radical (unpaired) electrons. The molecule has 0 aliphatic carbocycles. The van der Waals surface area contributed by atoms with Gasteiger partial charge in [-0.15, -0.1) is 0 Å². The second-order valence-corrected chi connectivity index (χ2v) is 7.75. The van der Waals surface area contributed by atoms with Crippen LogP contribution in [0.5, 0.6) is 0 Å². The number of hydrogen-bond acceptors (Lipinski definition) is 3. The number of halogens is 3. The number of nitrogens with zero attached hydrogens (tertiary/aromatic N) is 2. The molecular formula is C25H46F3N3. The van der Waals surface area contributed by atoms with Crippen LogP contribution in [0.25, 0.3) is 0 Å². The second kappa shape index (κ2) is 16.5. The van der Waals surface area contributed by atoms with E-state index < -0.39 is 11.7 Å². The molecule has 1 atom stereocenters. The first kappa shape index (κ1) is 29.9. The fourth-order valence-electron chi connectivity index (χ4n) is 3.85. The summed E-state index contributed by atoms with van der Waals surface area (Å²) in [7, 11) is 4.56. The van der Waals surface area contributed by atoms with E-state index >= 15 is 0 Å². The number of rotatable bonds is 3.